The standard InChI is InChI=1S/C22H24N4O3S3/c1-4-12(2)19(28)25-22-24-15-8-13(9-16(27)18(15)32-22)21(29)26(3)10-14-11-31-20(23-14)17-6-5-7-30-17/h5-7,11-13H,4,8-10H2,1-3H3,(H,24,25,28)/t12-,13-/m0/s1. The Bertz CT molecular complexity index is 1140. The van der Waals surface area contributed by atoms with E-state index in [1.165, 1.54) is 11.3 Å². The van der Waals surface area contributed by atoms with E-state index < -0.39 is 5.92 Å². The number of carbonyl (C=O) groups excluding carboxylic acids is 3. The highest BCUT2D eigenvalue weighted by atomic mass is 32.1. The molecule has 4 rings (SSSR count). The Balaban J connectivity index is 1.41. The van der Waals surface area contributed by atoms with Gasteiger partial charge in [0.25, 0.3) is 0 Å². The van der Waals surface area contributed by atoms with Crippen LogP contribution in [0.25, 0.3) is 9.88 Å². The molecule has 0 aliphatic heterocycles. The fraction of sp³-hybridized carbons (Fsp3) is 0.409. The van der Waals surface area contributed by atoms with E-state index in [4.69, 9.17) is 0 Å². The topological polar surface area (TPSA) is 92.3 Å². The molecule has 0 unspecified atom stereocenters. The number of hydrogen-bond acceptors (Lipinski definition) is 8. The number of rotatable bonds is 7. The highest BCUT2D eigenvalue weighted by Gasteiger charge is 2.34. The zero-order valence-electron chi connectivity index (χ0n) is 18.1. The van der Waals surface area contributed by atoms with Gasteiger partial charge in [-0.2, -0.15) is 0 Å². The third kappa shape index (κ3) is 4.82. The van der Waals surface area contributed by atoms with E-state index in [1.807, 2.05) is 36.7 Å². The molecular formula is C22H24N4O3S3. The van der Waals surface area contributed by atoms with E-state index >= 15 is 0 Å². The number of thiazole rings is 2. The van der Waals surface area contributed by atoms with Crippen molar-refractivity contribution >= 4 is 56.7 Å². The fourth-order valence-electron chi connectivity index (χ4n) is 3.50. The van der Waals surface area contributed by atoms with Gasteiger partial charge in [0.05, 0.1) is 33.6 Å². The summed E-state index contributed by atoms with van der Waals surface area (Å²) in [5, 5.41) is 8.16. The number of fused-ring (bicyclic) bond motifs is 1. The molecule has 3 aromatic rings. The molecule has 0 bridgehead atoms. The van der Waals surface area contributed by atoms with Gasteiger partial charge >= 0.3 is 0 Å². The Kier molecular flexibility index (Phi) is 6.82. The average Bonchev–Trinajstić information content (AvgIpc) is 3.52. The fourth-order valence-corrected chi connectivity index (χ4v) is 6.07. The molecule has 3 heterocycles. The van der Waals surface area contributed by atoms with Gasteiger partial charge in [0, 0.05) is 31.2 Å². The molecule has 1 N–H and O–H groups in total. The number of hydrogen-bond donors (Lipinski definition) is 1. The summed E-state index contributed by atoms with van der Waals surface area (Å²) in [6.07, 6.45) is 1.29. The van der Waals surface area contributed by atoms with Crippen LogP contribution in [-0.4, -0.2) is 39.5 Å². The molecular weight excluding hydrogens is 464 g/mol. The van der Waals surface area contributed by atoms with Crippen molar-refractivity contribution in [1.29, 1.82) is 0 Å². The summed E-state index contributed by atoms with van der Waals surface area (Å²) in [6.45, 7) is 4.19. The number of carbonyl (C=O) groups is 3. The Labute approximate surface area is 198 Å². The molecule has 0 aromatic carbocycles. The van der Waals surface area contributed by atoms with Crippen LogP contribution >= 0.6 is 34.0 Å². The number of ketones is 1. The SMILES string of the molecule is CC[C@H](C)C(=O)Nc1nc2c(s1)C(=O)C[C@@H](C(=O)N(C)Cc1csc(-c3cccs3)n1)C2. The predicted octanol–water partition coefficient (Wildman–Crippen LogP) is 4.72. The van der Waals surface area contributed by atoms with E-state index in [0.717, 1.165) is 22.0 Å². The van der Waals surface area contributed by atoms with Crippen LogP contribution in [0.1, 0.15) is 47.7 Å². The van der Waals surface area contributed by atoms with Crippen molar-refractivity contribution in [3.8, 4) is 9.88 Å². The molecule has 10 heteroatoms. The number of anilines is 1. The molecule has 0 saturated carbocycles. The van der Waals surface area contributed by atoms with Crippen LogP contribution in [0.15, 0.2) is 22.9 Å². The minimum atomic E-state index is -0.449. The third-order valence-corrected chi connectivity index (χ3v) is 8.50. The van der Waals surface area contributed by atoms with Gasteiger partial charge < -0.3 is 10.2 Å². The Morgan fingerprint density at radius 3 is 2.81 bits per heavy atom. The zero-order valence-corrected chi connectivity index (χ0v) is 20.5. The maximum atomic E-state index is 13.1. The molecule has 0 saturated heterocycles. The number of aromatic nitrogens is 2. The van der Waals surface area contributed by atoms with Crippen molar-refractivity contribution in [2.24, 2.45) is 11.8 Å². The summed E-state index contributed by atoms with van der Waals surface area (Å²) in [5.74, 6) is -0.860. The monoisotopic (exact) mass is 488 g/mol. The molecule has 0 spiro atoms. The first-order chi connectivity index (χ1) is 15.4. The van der Waals surface area contributed by atoms with E-state index in [9.17, 15) is 14.4 Å². The Morgan fingerprint density at radius 2 is 2.09 bits per heavy atom. The summed E-state index contributed by atoms with van der Waals surface area (Å²) in [6, 6.07) is 4.02. The van der Waals surface area contributed by atoms with Crippen molar-refractivity contribution in [2.45, 2.75) is 39.7 Å². The van der Waals surface area contributed by atoms with Gasteiger partial charge in [0.2, 0.25) is 11.8 Å². The second-order valence-electron chi connectivity index (χ2n) is 7.94. The first-order valence-corrected chi connectivity index (χ1v) is 13.0. The lowest BCUT2D eigenvalue weighted by molar-refractivity contribution is -0.134. The van der Waals surface area contributed by atoms with Gasteiger partial charge in [-0.3, -0.25) is 14.4 Å². The summed E-state index contributed by atoms with van der Waals surface area (Å²) in [7, 11) is 1.74. The van der Waals surface area contributed by atoms with Gasteiger partial charge in [0.1, 0.15) is 5.01 Å². The van der Waals surface area contributed by atoms with Crippen molar-refractivity contribution in [2.75, 3.05) is 12.4 Å². The number of Topliss-reactive ketones (excluding diaryl/α,β-unsaturated/α-hetero) is 1. The molecule has 2 atom stereocenters. The van der Waals surface area contributed by atoms with E-state index in [0.29, 0.717) is 28.7 Å². The van der Waals surface area contributed by atoms with Gasteiger partial charge in [-0.05, 0) is 17.9 Å². The minimum absolute atomic E-state index is 0.0896. The first kappa shape index (κ1) is 22.8. The quantitative estimate of drug-likeness (QED) is 0.520. The van der Waals surface area contributed by atoms with Gasteiger partial charge in [-0.25, -0.2) is 9.97 Å². The largest absolute Gasteiger partial charge is 0.340 e. The number of thiophene rings is 1. The van der Waals surface area contributed by atoms with E-state index in [2.05, 4.69) is 15.3 Å². The van der Waals surface area contributed by atoms with Crippen LogP contribution in [0, 0.1) is 11.8 Å². The highest BCUT2D eigenvalue weighted by molar-refractivity contribution is 7.20. The van der Waals surface area contributed by atoms with Crippen LogP contribution in [0.3, 0.4) is 0 Å². The average molecular weight is 489 g/mol. The summed E-state index contributed by atoms with van der Waals surface area (Å²) in [4.78, 5) is 50.3. The van der Waals surface area contributed by atoms with Crippen LogP contribution < -0.4 is 5.32 Å². The summed E-state index contributed by atoms with van der Waals surface area (Å²) < 4.78 is 0. The minimum Gasteiger partial charge on any atom is -0.340 e. The third-order valence-electron chi connectivity index (χ3n) is 5.52. The lowest BCUT2D eigenvalue weighted by Gasteiger charge is -2.25. The van der Waals surface area contributed by atoms with Gasteiger partial charge in [-0.15, -0.1) is 22.7 Å². The molecule has 1 aliphatic carbocycles. The lowest BCUT2D eigenvalue weighted by Crippen LogP contribution is -2.36. The van der Waals surface area contributed by atoms with Crippen LogP contribution in [0.2, 0.25) is 0 Å². The normalized spacial score (nSPS) is 16.5. The number of amides is 2. The molecule has 168 valence electrons. The second-order valence-corrected chi connectivity index (χ2v) is 10.7. The molecule has 3 aromatic heterocycles. The highest BCUT2D eigenvalue weighted by Crippen LogP contribution is 2.34. The first-order valence-electron chi connectivity index (χ1n) is 10.4. The van der Waals surface area contributed by atoms with Crippen LogP contribution in [0.5, 0.6) is 0 Å². The molecule has 32 heavy (non-hydrogen) atoms. The lowest BCUT2D eigenvalue weighted by atomic mass is 9.89. The summed E-state index contributed by atoms with van der Waals surface area (Å²) >= 11 is 4.40. The second kappa shape index (κ2) is 9.60. The molecule has 2 amide bonds. The van der Waals surface area contributed by atoms with E-state index in [-0.39, 0.29) is 29.9 Å². The predicted molar refractivity (Wildman–Crippen MR) is 128 cm³/mol. The maximum Gasteiger partial charge on any atom is 0.228 e. The number of nitrogens with one attached hydrogen (secondary N) is 1. The zero-order chi connectivity index (χ0) is 22.8. The maximum absolute atomic E-state index is 13.1. The van der Waals surface area contributed by atoms with Crippen molar-refractivity contribution in [1.82, 2.24) is 14.9 Å². The molecule has 0 radical (unpaired) electrons. The van der Waals surface area contributed by atoms with Crippen LogP contribution in [0.4, 0.5) is 5.13 Å². The smallest absolute Gasteiger partial charge is 0.228 e. The van der Waals surface area contributed by atoms with Crippen molar-refractivity contribution < 1.29 is 14.4 Å². The molecule has 1 aliphatic rings. The Morgan fingerprint density at radius 1 is 1.28 bits per heavy atom. The molecule has 0 fully saturated rings. The van der Waals surface area contributed by atoms with E-state index in [1.54, 1.807) is 34.6 Å². The van der Waals surface area contributed by atoms with Crippen molar-refractivity contribution in [3.63, 3.8) is 0 Å². The number of nitrogens with zero attached hydrogens (tertiary/aromatic N) is 3. The Hall–Kier alpha value is -2.43. The van der Waals surface area contributed by atoms with Crippen molar-refractivity contribution in [3.05, 3.63) is 39.2 Å². The van der Waals surface area contributed by atoms with Gasteiger partial charge in [0.15, 0.2) is 10.9 Å². The summed E-state index contributed by atoms with van der Waals surface area (Å²) in [5.41, 5.74) is 1.44. The van der Waals surface area contributed by atoms with Crippen LogP contribution in [-0.2, 0) is 22.6 Å². The van der Waals surface area contributed by atoms with Gasteiger partial charge in [-0.1, -0.05) is 31.3 Å². The molecule has 7 nitrogen and oxygen atoms in total.